The van der Waals surface area contributed by atoms with Crippen molar-refractivity contribution < 1.29 is 9.53 Å². The fourth-order valence-electron chi connectivity index (χ4n) is 0.410. The molecule has 0 bridgehead atoms. The second-order valence-corrected chi connectivity index (χ2v) is 2.87. The average Bonchev–Trinajstić information content (AvgIpc) is 1.97. The molecule has 0 spiro atoms. The van der Waals surface area contributed by atoms with E-state index in [1.165, 1.54) is 0 Å². The van der Waals surface area contributed by atoms with E-state index in [-0.39, 0.29) is 6.61 Å². The van der Waals surface area contributed by atoms with Gasteiger partial charge in [-0.2, -0.15) is 0 Å². The van der Waals surface area contributed by atoms with E-state index >= 15 is 0 Å². The van der Waals surface area contributed by atoms with Crippen molar-refractivity contribution in [1.82, 2.24) is 0 Å². The van der Waals surface area contributed by atoms with Crippen molar-refractivity contribution >= 4 is 29.2 Å². The van der Waals surface area contributed by atoms with Gasteiger partial charge in [-0.1, -0.05) is 23.2 Å². The lowest BCUT2D eigenvalue weighted by Gasteiger charge is -2.02. The Labute approximate surface area is 75.8 Å². The minimum Gasteiger partial charge on any atom is -0.464 e. The van der Waals surface area contributed by atoms with Crippen LogP contribution in [0.15, 0.2) is 0 Å². The number of ether oxygens (including phenoxy) is 1. The van der Waals surface area contributed by atoms with Gasteiger partial charge >= 0.3 is 5.97 Å². The van der Waals surface area contributed by atoms with Gasteiger partial charge in [-0.15, -0.1) is 12.3 Å². The zero-order valence-electron chi connectivity index (χ0n) is 5.85. The quantitative estimate of drug-likeness (QED) is 0.295. The van der Waals surface area contributed by atoms with Crippen LogP contribution in [0.25, 0.3) is 0 Å². The summed E-state index contributed by atoms with van der Waals surface area (Å²) in [6.45, 7) is 0.277. The smallest absolute Gasteiger partial charge is 0.339 e. The maximum absolute atomic E-state index is 10.6. The molecule has 62 valence electrons. The highest BCUT2D eigenvalue weighted by molar-refractivity contribution is 6.52. The van der Waals surface area contributed by atoms with Crippen LogP contribution in [-0.2, 0) is 9.53 Å². The number of unbranched alkanes of at least 4 members (excludes halogenated alkanes) is 1. The van der Waals surface area contributed by atoms with Crippen LogP contribution in [0.2, 0.25) is 0 Å². The van der Waals surface area contributed by atoms with Gasteiger partial charge in [-0.3, -0.25) is 0 Å². The summed E-state index contributed by atoms with van der Waals surface area (Å²) < 4.78 is 4.61. The van der Waals surface area contributed by atoms with Crippen LogP contribution in [0.5, 0.6) is 0 Å². The van der Waals surface area contributed by atoms with Crippen LogP contribution in [0.4, 0.5) is 0 Å². The Kier molecular flexibility index (Phi) is 6.10. The van der Waals surface area contributed by atoms with Crippen molar-refractivity contribution in [3.63, 3.8) is 0 Å². The highest BCUT2D eigenvalue weighted by atomic mass is 35.5. The molecule has 0 amide bonds. The second-order valence-electron chi connectivity index (χ2n) is 1.78. The Morgan fingerprint density at radius 2 is 2.27 bits per heavy atom. The Balaban J connectivity index is 3.26. The van der Waals surface area contributed by atoms with Gasteiger partial charge < -0.3 is 4.74 Å². The number of carbonyl (C=O) groups is 1. The minimum atomic E-state index is -1.10. The third-order valence-corrected chi connectivity index (χ3v) is 1.24. The summed E-state index contributed by atoms with van der Waals surface area (Å²) in [6, 6.07) is 0. The number of hydrogen-bond donors (Lipinski definition) is 0. The van der Waals surface area contributed by atoms with Gasteiger partial charge in [0, 0.05) is 6.42 Å². The zero-order chi connectivity index (χ0) is 8.69. The number of alkyl halides is 2. The highest BCUT2D eigenvalue weighted by Gasteiger charge is 2.11. The highest BCUT2D eigenvalue weighted by Crippen LogP contribution is 2.04. The molecule has 2 nitrogen and oxygen atoms in total. The summed E-state index contributed by atoms with van der Waals surface area (Å²) in [5.74, 6) is 1.79. The molecule has 0 saturated carbocycles. The van der Waals surface area contributed by atoms with E-state index < -0.39 is 10.8 Å². The molecular formula is C7H8Cl2O2. The SMILES string of the molecule is C#CCCCOC(=O)C(Cl)Cl. The van der Waals surface area contributed by atoms with Crippen LogP contribution in [0.3, 0.4) is 0 Å². The van der Waals surface area contributed by atoms with E-state index in [4.69, 9.17) is 29.6 Å². The first-order valence-electron chi connectivity index (χ1n) is 3.06. The molecule has 0 aromatic carbocycles. The molecule has 0 rings (SSSR count). The summed E-state index contributed by atoms with van der Waals surface area (Å²) in [5.41, 5.74) is 0. The van der Waals surface area contributed by atoms with E-state index in [2.05, 4.69) is 10.7 Å². The molecule has 0 radical (unpaired) electrons. The van der Waals surface area contributed by atoms with Crippen molar-refractivity contribution in [2.24, 2.45) is 0 Å². The van der Waals surface area contributed by atoms with E-state index in [9.17, 15) is 4.79 Å². The average molecular weight is 195 g/mol. The van der Waals surface area contributed by atoms with E-state index in [1.54, 1.807) is 0 Å². The van der Waals surface area contributed by atoms with Gasteiger partial charge in [0.15, 0.2) is 0 Å². The Morgan fingerprint density at radius 3 is 2.73 bits per heavy atom. The van der Waals surface area contributed by atoms with Crippen LogP contribution >= 0.6 is 23.2 Å². The third-order valence-electron chi connectivity index (χ3n) is 0.888. The third kappa shape index (κ3) is 6.03. The van der Waals surface area contributed by atoms with E-state index in [0.29, 0.717) is 12.8 Å². The molecule has 0 aromatic rings. The van der Waals surface area contributed by atoms with Crippen molar-refractivity contribution in [3.8, 4) is 12.3 Å². The first kappa shape index (κ1) is 10.6. The van der Waals surface area contributed by atoms with E-state index in [0.717, 1.165) is 0 Å². The largest absolute Gasteiger partial charge is 0.464 e. The maximum Gasteiger partial charge on any atom is 0.339 e. The first-order valence-corrected chi connectivity index (χ1v) is 3.94. The van der Waals surface area contributed by atoms with Gasteiger partial charge in [0.05, 0.1) is 6.61 Å². The predicted octanol–water partition coefficient (Wildman–Crippen LogP) is 1.75. The van der Waals surface area contributed by atoms with Gasteiger partial charge in [0.25, 0.3) is 0 Å². The molecule has 0 saturated heterocycles. The summed E-state index contributed by atoms with van der Waals surface area (Å²) in [7, 11) is 0. The topological polar surface area (TPSA) is 26.3 Å². The molecule has 0 fully saturated rings. The van der Waals surface area contributed by atoms with Crippen molar-refractivity contribution in [2.75, 3.05) is 6.61 Å². The molecule has 0 N–H and O–H groups in total. The molecule has 4 heteroatoms. The monoisotopic (exact) mass is 194 g/mol. The lowest BCUT2D eigenvalue weighted by atomic mass is 10.3. The molecule has 0 aliphatic rings. The summed E-state index contributed by atoms with van der Waals surface area (Å²) in [6.07, 6.45) is 6.19. The maximum atomic E-state index is 10.6. The van der Waals surface area contributed by atoms with Gasteiger partial charge in [0.1, 0.15) is 0 Å². The Morgan fingerprint density at radius 1 is 1.64 bits per heavy atom. The fraction of sp³-hybridized carbons (Fsp3) is 0.571. The Hall–Kier alpha value is -0.390. The number of esters is 1. The van der Waals surface area contributed by atoms with Gasteiger partial charge in [-0.25, -0.2) is 4.79 Å². The molecule has 0 aliphatic heterocycles. The summed E-state index contributed by atoms with van der Waals surface area (Å²) in [5, 5.41) is 0. The number of carbonyl (C=O) groups excluding carboxylic acids is 1. The van der Waals surface area contributed by atoms with E-state index in [1.807, 2.05) is 0 Å². The first-order chi connectivity index (χ1) is 5.18. The number of halogens is 2. The minimum absolute atomic E-state index is 0.277. The summed E-state index contributed by atoms with van der Waals surface area (Å²) >= 11 is 10.4. The number of rotatable bonds is 4. The fourth-order valence-corrected chi connectivity index (χ4v) is 0.536. The zero-order valence-corrected chi connectivity index (χ0v) is 7.36. The van der Waals surface area contributed by atoms with Crippen LogP contribution < -0.4 is 0 Å². The van der Waals surface area contributed by atoms with Crippen molar-refractivity contribution in [2.45, 2.75) is 17.7 Å². The molecular weight excluding hydrogens is 187 g/mol. The molecule has 0 unspecified atom stereocenters. The van der Waals surface area contributed by atoms with Gasteiger partial charge in [0.2, 0.25) is 4.84 Å². The van der Waals surface area contributed by atoms with Gasteiger partial charge in [-0.05, 0) is 6.42 Å². The van der Waals surface area contributed by atoms with Crippen molar-refractivity contribution in [3.05, 3.63) is 0 Å². The van der Waals surface area contributed by atoms with Crippen LogP contribution in [-0.4, -0.2) is 17.4 Å². The Bertz CT molecular complexity index is 160. The molecule has 0 aromatic heterocycles. The second kappa shape index (κ2) is 6.33. The molecule has 0 heterocycles. The predicted molar refractivity (Wildman–Crippen MR) is 44.5 cm³/mol. The number of terminal acetylenes is 1. The molecule has 11 heavy (non-hydrogen) atoms. The number of hydrogen-bond acceptors (Lipinski definition) is 2. The summed E-state index contributed by atoms with van der Waals surface area (Å²) in [4.78, 5) is 9.47. The lowest BCUT2D eigenvalue weighted by Crippen LogP contribution is -2.12. The normalized spacial score (nSPS) is 9.27. The van der Waals surface area contributed by atoms with Crippen LogP contribution in [0.1, 0.15) is 12.8 Å². The van der Waals surface area contributed by atoms with Crippen LogP contribution in [0, 0.1) is 12.3 Å². The molecule has 0 aliphatic carbocycles. The standard InChI is InChI=1S/C7H8Cl2O2/c1-2-3-4-5-11-7(10)6(8)9/h1,6H,3-5H2. The van der Waals surface area contributed by atoms with Crippen molar-refractivity contribution in [1.29, 1.82) is 0 Å². The molecule has 0 atom stereocenters. The lowest BCUT2D eigenvalue weighted by molar-refractivity contribution is -0.141.